The molecule has 0 N–H and O–H groups in total. The highest BCUT2D eigenvalue weighted by atomic mass is 16.5. The molecule has 8 nitrogen and oxygen atoms in total. The van der Waals surface area contributed by atoms with Gasteiger partial charge in [-0.1, -0.05) is 5.21 Å². The molecular formula is C14H21N5O3. The molecule has 8 heteroatoms. The molecule has 1 aromatic rings. The molecule has 1 amide bonds. The first-order valence-electron chi connectivity index (χ1n) is 7.90. The van der Waals surface area contributed by atoms with Crippen molar-refractivity contribution in [1.29, 1.82) is 0 Å². The van der Waals surface area contributed by atoms with Crippen LogP contribution in [-0.4, -0.2) is 82.7 Å². The molecule has 0 saturated carbocycles. The summed E-state index contributed by atoms with van der Waals surface area (Å²) in [5.41, 5.74) is 1.04. The van der Waals surface area contributed by atoms with Crippen molar-refractivity contribution in [2.24, 2.45) is 0 Å². The molecule has 22 heavy (non-hydrogen) atoms. The second-order valence-corrected chi connectivity index (χ2v) is 6.10. The van der Waals surface area contributed by atoms with Gasteiger partial charge in [-0.25, -0.2) is 4.68 Å². The van der Waals surface area contributed by atoms with E-state index in [1.54, 1.807) is 6.20 Å². The number of hydrogen-bond donors (Lipinski definition) is 0. The number of amides is 1. The molecule has 0 bridgehead atoms. The zero-order chi connectivity index (χ0) is 14.9. The summed E-state index contributed by atoms with van der Waals surface area (Å²) in [5, 5.41) is 8.15. The molecule has 4 heterocycles. The molecular weight excluding hydrogens is 286 g/mol. The molecule has 2 saturated heterocycles. The van der Waals surface area contributed by atoms with Gasteiger partial charge in [0.2, 0.25) is 5.91 Å². The van der Waals surface area contributed by atoms with E-state index in [1.807, 2.05) is 9.58 Å². The van der Waals surface area contributed by atoms with Gasteiger partial charge < -0.3 is 14.4 Å². The lowest BCUT2D eigenvalue weighted by Gasteiger charge is -2.41. The van der Waals surface area contributed by atoms with Crippen LogP contribution in [0.5, 0.6) is 0 Å². The Morgan fingerprint density at radius 1 is 1.32 bits per heavy atom. The van der Waals surface area contributed by atoms with E-state index in [9.17, 15) is 4.79 Å². The van der Waals surface area contributed by atoms with Crippen LogP contribution in [0.4, 0.5) is 0 Å². The highest BCUT2D eigenvalue weighted by Gasteiger charge is 2.37. The van der Waals surface area contributed by atoms with Gasteiger partial charge in [0, 0.05) is 26.2 Å². The number of piperidine rings is 1. The van der Waals surface area contributed by atoms with Gasteiger partial charge in [-0.05, 0) is 6.42 Å². The van der Waals surface area contributed by atoms with E-state index in [0.29, 0.717) is 39.5 Å². The van der Waals surface area contributed by atoms with Crippen molar-refractivity contribution in [3.63, 3.8) is 0 Å². The van der Waals surface area contributed by atoms with E-state index in [1.165, 1.54) is 0 Å². The third-order valence-corrected chi connectivity index (χ3v) is 4.74. The fourth-order valence-electron chi connectivity index (χ4n) is 3.50. The van der Waals surface area contributed by atoms with Crippen molar-refractivity contribution in [3.8, 4) is 0 Å². The lowest BCUT2D eigenvalue weighted by atomic mass is 10.00. The summed E-state index contributed by atoms with van der Waals surface area (Å²) in [6, 6.07) is 0.251. The summed E-state index contributed by atoms with van der Waals surface area (Å²) in [6.45, 7) is 5.40. The van der Waals surface area contributed by atoms with Crippen molar-refractivity contribution >= 4 is 5.91 Å². The maximum absolute atomic E-state index is 12.3. The summed E-state index contributed by atoms with van der Waals surface area (Å²) in [6.07, 6.45) is 2.81. The molecule has 0 unspecified atom stereocenters. The van der Waals surface area contributed by atoms with E-state index < -0.39 is 0 Å². The number of fused-ring (bicyclic) bond motifs is 3. The zero-order valence-electron chi connectivity index (χ0n) is 12.6. The van der Waals surface area contributed by atoms with Crippen LogP contribution in [0.15, 0.2) is 6.20 Å². The van der Waals surface area contributed by atoms with Gasteiger partial charge in [-0.15, -0.1) is 5.10 Å². The Morgan fingerprint density at radius 3 is 3.05 bits per heavy atom. The van der Waals surface area contributed by atoms with Gasteiger partial charge in [0.05, 0.1) is 50.4 Å². The minimum Gasteiger partial charge on any atom is -0.378 e. The second kappa shape index (κ2) is 5.94. The van der Waals surface area contributed by atoms with Crippen molar-refractivity contribution < 1.29 is 14.3 Å². The summed E-state index contributed by atoms with van der Waals surface area (Å²) < 4.78 is 13.2. The Labute approximate surface area is 128 Å². The molecule has 4 rings (SSSR count). The van der Waals surface area contributed by atoms with E-state index in [4.69, 9.17) is 9.47 Å². The minimum absolute atomic E-state index is 0.0976. The molecule has 3 aliphatic rings. The highest BCUT2D eigenvalue weighted by molar-refractivity contribution is 5.78. The second-order valence-electron chi connectivity index (χ2n) is 6.10. The number of likely N-dealkylation sites (tertiary alicyclic amines) is 1. The van der Waals surface area contributed by atoms with Crippen molar-refractivity contribution in [2.75, 3.05) is 45.9 Å². The monoisotopic (exact) mass is 307 g/mol. The van der Waals surface area contributed by atoms with Crippen LogP contribution in [0.1, 0.15) is 18.2 Å². The molecule has 0 aromatic carbocycles. The molecule has 0 aliphatic carbocycles. The zero-order valence-corrected chi connectivity index (χ0v) is 12.6. The minimum atomic E-state index is 0.0976. The number of aromatic nitrogens is 3. The SMILES string of the molecule is O=C(CN1CC[C@H]2[C@H](C1)OCc1cnnn12)N1CCOCC1. The molecule has 1 aromatic heterocycles. The number of carbonyl (C=O) groups excluding carboxylic acids is 1. The lowest BCUT2D eigenvalue weighted by molar-refractivity contribution is -0.138. The van der Waals surface area contributed by atoms with Crippen LogP contribution >= 0.6 is 0 Å². The van der Waals surface area contributed by atoms with Crippen LogP contribution in [0.2, 0.25) is 0 Å². The Kier molecular flexibility index (Phi) is 3.81. The van der Waals surface area contributed by atoms with Gasteiger partial charge in [-0.2, -0.15) is 0 Å². The van der Waals surface area contributed by atoms with Crippen LogP contribution in [0.3, 0.4) is 0 Å². The van der Waals surface area contributed by atoms with Crippen molar-refractivity contribution in [2.45, 2.75) is 25.2 Å². The smallest absolute Gasteiger partial charge is 0.236 e. The molecule has 2 atom stereocenters. The lowest BCUT2D eigenvalue weighted by Crippen LogP contribution is -2.52. The Balaban J connectivity index is 1.36. The van der Waals surface area contributed by atoms with Crippen LogP contribution < -0.4 is 0 Å². The maximum atomic E-state index is 12.3. The average molecular weight is 307 g/mol. The fourth-order valence-corrected chi connectivity index (χ4v) is 3.50. The number of morpholine rings is 1. The van der Waals surface area contributed by atoms with Crippen LogP contribution in [0.25, 0.3) is 0 Å². The topological polar surface area (TPSA) is 72.7 Å². The maximum Gasteiger partial charge on any atom is 0.236 e. The van der Waals surface area contributed by atoms with Gasteiger partial charge in [0.15, 0.2) is 0 Å². The summed E-state index contributed by atoms with van der Waals surface area (Å²) >= 11 is 0. The Morgan fingerprint density at radius 2 is 2.18 bits per heavy atom. The van der Waals surface area contributed by atoms with E-state index in [0.717, 1.165) is 25.2 Å². The molecule has 0 radical (unpaired) electrons. The first kappa shape index (κ1) is 14.1. The van der Waals surface area contributed by atoms with Gasteiger partial charge in [0.25, 0.3) is 0 Å². The summed E-state index contributed by atoms with van der Waals surface area (Å²) in [5.74, 6) is 0.194. The quantitative estimate of drug-likeness (QED) is 0.718. The third-order valence-electron chi connectivity index (χ3n) is 4.74. The van der Waals surface area contributed by atoms with E-state index >= 15 is 0 Å². The predicted octanol–water partition coefficient (Wildman–Crippen LogP) is -0.717. The molecule has 120 valence electrons. The normalized spacial score (nSPS) is 29.0. The number of nitrogens with zero attached hydrogens (tertiary/aromatic N) is 5. The number of carbonyl (C=O) groups is 1. The van der Waals surface area contributed by atoms with Gasteiger partial charge >= 0.3 is 0 Å². The first-order chi connectivity index (χ1) is 10.8. The van der Waals surface area contributed by atoms with Crippen molar-refractivity contribution in [3.05, 3.63) is 11.9 Å². The van der Waals surface area contributed by atoms with Crippen LogP contribution in [-0.2, 0) is 20.9 Å². The number of ether oxygens (including phenoxy) is 2. The van der Waals surface area contributed by atoms with Gasteiger partial charge in [-0.3, -0.25) is 9.69 Å². The third kappa shape index (κ3) is 2.62. The molecule has 0 spiro atoms. The van der Waals surface area contributed by atoms with E-state index in [2.05, 4.69) is 15.2 Å². The van der Waals surface area contributed by atoms with E-state index in [-0.39, 0.29) is 18.1 Å². The Bertz CT molecular complexity index is 542. The van der Waals surface area contributed by atoms with Crippen LogP contribution in [0, 0.1) is 0 Å². The summed E-state index contributed by atoms with van der Waals surface area (Å²) in [7, 11) is 0. The van der Waals surface area contributed by atoms with Crippen molar-refractivity contribution in [1.82, 2.24) is 24.8 Å². The van der Waals surface area contributed by atoms with Gasteiger partial charge in [0.1, 0.15) is 0 Å². The first-order valence-corrected chi connectivity index (χ1v) is 7.90. The molecule has 2 fully saturated rings. The fraction of sp³-hybridized carbons (Fsp3) is 0.786. The predicted molar refractivity (Wildman–Crippen MR) is 76.1 cm³/mol. The average Bonchev–Trinajstić information content (AvgIpc) is 3.04. The largest absolute Gasteiger partial charge is 0.378 e. The molecule has 3 aliphatic heterocycles. The Hall–Kier alpha value is -1.51. The highest BCUT2D eigenvalue weighted by Crippen LogP contribution is 2.30. The summed E-state index contributed by atoms with van der Waals surface area (Å²) in [4.78, 5) is 16.4. The number of hydrogen-bond acceptors (Lipinski definition) is 6. The standard InChI is InChI=1S/C14H21N5O3/c20-14(18-3-5-21-6-4-18)9-17-2-1-12-13(8-17)22-10-11-7-15-16-19(11)12/h7,12-13H,1-6,8-10H2/t12-,13-/m0/s1. The number of rotatable bonds is 2.